The van der Waals surface area contributed by atoms with Gasteiger partial charge in [0.25, 0.3) is 0 Å². The Balaban J connectivity index is 2.37. The Kier molecular flexibility index (Phi) is 2.65. The van der Waals surface area contributed by atoms with E-state index in [0.29, 0.717) is 11.2 Å². The molecule has 0 radical (unpaired) electrons. The van der Waals surface area contributed by atoms with Crippen LogP contribution in [-0.4, -0.2) is 19.7 Å². The van der Waals surface area contributed by atoms with Crippen LogP contribution in [0.1, 0.15) is 0 Å². The summed E-state index contributed by atoms with van der Waals surface area (Å²) in [5, 5.41) is 0. The highest BCUT2D eigenvalue weighted by Gasteiger charge is 2.11. The molecule has 0 bridgehead atoms. The van der Waals surface area contributed by atoms with Crippen LogP contribution in [-0.2, 0) is 9.84 Å². The molecule has 96 valence electrons. The van der Waals surface area contributed by atoms with Crippen LogP contribution in [0.4, 0.5) is 0 Å². The summed E-state index contributed by atoms with van der Waals surface area (Å²) in [5.74, 6) is 0. The molecule has 0 atom stereocenters. The highest BCUT2D eigenvalue weighted by atomic mass is 32.2. The third kappa shape index (κ3) is 2.24. The lowest BCUT2D eigenvalue weighted by atomic mass is 10.2. The summed E-state index contributed by atoms with van der Waals surface area (Å²) in [6.07, 6.45) is 1.17. The molecule has 0 fully saturated rings. The van der Waals surface area contributed by atoms with Gasteiger partial charge in [-0.25, -0.2) is 13.4 Å². The minimum Gasteiger partial charge on any atom is -0.290 e. The third-order valence-corrected chi connectivity index (χ3v) is 4.97. The molecule has 2 aliphatic rings. The summed E-state index contributed by atoms with van der Waals surface area (Å²) < 4.78 is 23.9. The van der Waals surface area contributed by atoms with E-state index in [1.54, 1.807) is 24.3 Å². The van der Waals surface area contributed by atoms with Crippen molar-refractivity contribution in [2.45, 2.75) is 4.90 Å². The van der Waals surface area contributed by atoms with Crippen LogP contribution in [0.5, 0.6) is 0 Å². The summed E-state index contributed by atoms with van der Waals surface area (Å²) in [6, 6.07) is 9.49. The van der Waals surface area contributed by atoms with Gasteiger partial charge in [-0.2, -0.15) is 0 Å². The van der Waals surface area contributed by atoms with E-state index in [9.17, 15) is 13.2 Å². The highest BCUT2D eigenvalue weighted by molar-refractivity contribution is 7.90. The van der Waals surface area contributed by atoms with Gasteiger partial charge in [-0.3, -0.25) is 4.79 Å². The van der Waals surface area contributed by atoms with Crippen molar-refractivity contribution in [3.8, 4) is 10.6 Å². The van der Waals surface area contributed by atoms with Gasteiger partial charge in [-0.1, -0.05) is 0 Å². The predicted molar refractivity (Wildman–Crippen MR) is 75.6 cm³/mol. The Labute approximate surface area is 113 Å². The van der Waals surface area contributed by atoms with Crippen LogP contribution in [0.15, 0.2) is 46.1 Å². The lowest BCUT2D eigenvalue weighted by Crippen LogP contribution is -1.99. The van der Waals surface area contributed by atoms with Crippen molar-refractivity contribution in [3.63, 3.8) is 0 Å². The average Bonchev–Trinajstić information content (AvgIpc) is 2.34. The molecular weight excluding hydrogens is 282 g/mol. The van der Waals surface area contributed by atoms with Gasteiger partial charge in [0, 0.05) is 12.3 Å². The van der Waals surface area contributed by atoms with Crippen LogP contribution in [0, 0.1) is 0 Å². The minimum absolute atomic E-state index is 0.0577. The smallest absolute Gasteiger partial charge is 0.180 e. The normalized spacial score (nSPS) is 12.1. The fourth-order valence-corrected chi connectivity index (χ4v) is 3.43. The van der Waals surface area contributed by atoms with Crippen molar-refractivity contribution in [1.82, 2.24) is 4.98 Å². The largest absolute Gasteiger partial charge is 0.290 e. The molecule has 0 saturated heterocycles. The van der Waals surface area contributed by atoms with Gasteiger partial charge in [0.1, 0.15) is 0 Å². The summed E-state index contributed by atoms with van der Waals surface area (Å²) in [4.78, 5) is 16.8. The first-order chi connectivity index (χ1) is 8.93. The molecule has 19 heavy (non-hydrogen) atoms. The maximum absolute atomic E-state index is 11.5. The first-order valence-corrected chi connectivity index (χ1v) is 8.19. The topological polar surface area (TPSA) is 64.1 Å². The second-order valence-corrected chi connectivity index (χ2v) is 7.34. The SMILES string of the molecule is CS(=O)(=O)c1ccc2sc3cc(=O)ccc-3nc2c1. The Morgan fingerprint density at radius 2 is 1.89 bits per heavy atom. The zero-order chi connectivity index (χ0) is 13.6. The second-order valence-electron chi connectivity index (χ2n) is 4.25. The summed E-state index contributed by atoms with van der Waals surface area (Å²) in [5.41, 5.74) is 1.26. The van der Waals surface area contributed by atoms with Crippen LogP contribution in [0.3, 0.4) is 0 Å². The summed E-state index contributed by atoms with van der Waals surface area (Å²) in [6.45, 7) is 0. The fraction of sp³-hybridized carbons (Fsp3) is 0.0769. The lowest BCUT2D eigenvalue weighted by Gasteiger charge is -2.06. The molecule has 6 heteroatoms. The van der Waals surface area contributed by atoms with Gasteiger partial charge in [0.15, 0.2) is 15.3 Å². The number of hydrogen-bond acceptors (Lipinski definition) is 5. The quantitative estimate of drug-likeness (QED) is 0.645. The number of rotatable bonds is 1. The van der Waals surface area contributed by atoms with E-state index in [1.807, 2.05) is 0 Å². The Bertz CT molecular complexity index is 913. The summed E-state index contributed by atoms with van der Waals surface area (Å²) >= 11 is 1.43. The molecule has 1 aliphatic carbocycles. The molecule has 0 amide bonds. The number of benzene rings is 2. The Morgan fingerprint density at radius 1 is 1.11 bits per heavy atom. The predicted octanol–water partition coefficient (Wildman–Crippen LogP) is 2.16. The fourth-order valence-electron chi connectivity index (χ4n) is 1.82. The van der Waals surface area contributed by atoms with E-state index < -0.39 is 9.84 Å². The van der Waals surface area contributed by atoms with E-state index >= 15 is 0 Å². The highest BCUT2D eigenvalue weighted by Crippen LogP contribution is 2.30. The van der Waals surface area contributed by atoms with Gasteiger partial charge in [-0.05, 0) is 30.3 Å². The zero-order valence-electron chi connectivity index (χ0n) is 9.95. The van der Waals surface area contributed by atoms with Crippen LogP contribution >= 0.6 is 11.3 Å². The maximum Gasteiger partial charge on any atom is 0.180 e. The van der Waals surface area contributed by atoms with E-state index in [1.165, 1.54) is 29.7 Å². The Morgan fingerprint density at radius 3 is 2.63 bits per heavy atom. The number of hydrogen-bond donors (Lipinski definition) is 0. The number of fused-ring (bicyclic) bond motifs is 2. The number of aromatic nitrogens is 1. The van der Waals surface area contributed by atoms with Crippen LogP contribution in [0.2, 0.25) is 0 Å². The zero-order valence-corrected chi connectivity index (χ0v) is 11.6. The van der Waals surface area contributed by atoms with Gasteiger partial charge in [0.05, 0.1) is 25.7 Å². The van der Waals surface area contributed by atoms with E-state index in [-0.39, 0.29) is 10.3 Å². The second kappa shape index (κ2) is 4.11. The molecule has 0 unspecified atom stereocenters. The lowest BCUT2D eigenvalue weighted by molar-refractivity contribution is 0.602. The molecule has 0 spiro atoms. The van der Waals surface area contributed by atoms with Crippen molar-refractivity contribution in [2.75, 3.05) is 6.26 Å². The molecule has 0 saturated carbocycles. The third-order valence-electron chi connectivity index (χ3n) is 2.75. The number of sulfone groups is 1. The minimum atomic E-state index is -3.24. The van der Waals surface area contributed by atoms with E-state index in [4.69, 9.17) is 0 Å². The Hall–Kier alpha value is -1.79. The first kappa shape index (κ1) is 12.3. The monoisotopic (exact) mass is 291 g/mol. The van der Waals surface area contributed by atoms with Crippen molar-refractivity contribution >= 4 is 31.4 Å². The van der Waals surface area contributed by atoms with Gasteiger partial charge >= 0.3 is 0 Å². The molecule has 4 nitrogen and oxygen atoms in total. The first-order valence-electron chi connectivity index (χ1n) is 5.48. The van der Waals surface area contributed by atoms with Crippen molar-refractivity contribution in [3.05, 3.63) is 46.6 Å². The standard InChI is InChI=1S/C13H9NO3S2/c1-19(16,17)9-3-5-12-11(7-9)14-10-4-2-8(15)6-13(10)18-12/h2-7H,1H3. The molecule has 1 aromatic carbocycles. The molecule has 0 N–H and O–H groups in total. The molecule has 3 rings (SSSR count). The molecular formula is C13H9NO3S2. The molecule has 1 heterocycles. The molecule has 1 aliphatic heterocycles. The van der Waals surface area contributed by atoms with Crippen molar-refractivity contribution < 1.29 is 8.42 Å². The average molecular weight is 291 g/mol. The van der Waals surface area contributed by atoms with Crippen LogP contribution < -0.4 is 5.43 Å². The number of nitrogens with zero attached hydrogens (tertiary/aromatic N) is 1. The molecule has 0 aromatic heterocycles. The van der Waals surface area contributed by atoms with Gasteiger partial charge in [0.2, 0.25) is 0 Å². The van der Waals surface area contributed by atoms with Crippen LogP contribution in [0.25, 0.3) is 20.8 Å². The molecule has 1 aromatic rings. The summed E-state index contributed by atoms with van der Waals surface area (Å²) in [7, 11) is -3.24. The van der Waals surface area contributed by atoms with Gasteiger partial charge in [-0.15, -0.1) is 11.3 Å². The van der Waals surface area contributed by atoms with Gasteiger partial charge < -0.3 is 0 Å². The van der Waals surface area contributed by atoms with E-state index in [2.05, 4.69) is 4.98 Å². The van der Waals surface area contributed by atoms with E-state index in [0.717, 1.165) is 9.58 Å². The van der Waals surface area contributed by atoms with Crippen molar-refractivity contribution in [1.29, 1.82) is 0 Å². The maximum atomic E-state index is 11.5. The van der Waals surface area contributed by atoms with Crippen molar-refractivity contribution in [2.24, 2.45) is 0 Å².